The highest BCUT2D eigenvalue weighted by Crippen LogP contribution is 2.45. The molecule has 160 valence electrons. The summed E-state index contributed by atoms with van der Waals surface area (Å²) < 4.78 is 32.3. The Labute approximate surface area is 172 Å². The van der Waals surface area contributed by atoms with Gasteiger partial charge >= 0.3 is 12.0 Å². The van der Waals surface area contributed by atoms with Crippen LogP contribution in [0.2, 0.25) is 0 Å². The average molecular weight is 418 g/mol. The molecule has 0 unspecified atom stereocenters. The fourth-order valence-electron chi connectivity index (χ4n) is 3.16. The van der Waals surface area contributed by atoms with Crippen molar-refractivity contribution >= 4 is 12.0 Å². The summed E-state index contributed by atoms with van der Waals surface area (Å²) in [4.78, 5) is 23.5. The van der Waals surface area contributed by atoms with Crippen LogP contribution in [0, 0.1) is 0 Å². The number of primary amides is 1. The second-order valence-corrected chi connectivity index (χ2v) is 6.24. The number of fused-ring (bicyclic) bond motifs is 1. The van der Waals surface area contributed by atoms with E-state index in [2.05, 4.69) is 5.32 Å². The molecule has 1 aliphatic rings. The fraction of sp³-hybridized carbons (Fsp3) is 0.300. The molecule has 0 spiro atoms. The van der Waals surface area contributed by atoms with E-state index in [1.807, 2.05) is 0 Å². The molecule has 2 amide bonds. The topological polar surface area (TPSA) is 128 Å². The van der Waals surface area contributed by atoms with Crippen molar-refractivity contribution in [1.29, 1.82) is 0 Å². The summed E-state index contributed by atoms with van der Waals surface area (Å²) in [6.45, 7) is 1.29. The Bertz CT molecular complexity index is 951. The van der Waals surface area contributed by atoms with Gasteiger partial charge in [0.15, 0.2) is 23.0 Å². The summed E-state index contributed by atoms with van der Waals surface area (Å²) in [5, 5.41) is 2.66. The zero-order valence-electron chi connectivity index (χ0n) is 16.9. The van der Waals surface area contributed by atoms with Crippen LogP contribution < -0.4 is 39.5 Å². The maximum atomic E-state index is 11.8. The lowest BCUT2D eigenvalue weighted by atomic mass is 9.96. The van der Waals surface area contributed by atoms with Crippen LogP contribution >= 0.6 is 0 Å². The summed E-state index contributed by atoms with van der Waals surface area (Å²) in [5.74, 6) is 1.61. The molecule has 0 saturated heterocycles. The number of esters is 1. The number of nitrogens with one attached hydrogen (secondary N) is 1. The average Bonchev–Trinajstić information content (AvgIpc) is 3.17. The summed E-state index contributed by atoms with van der Waals surface area (Å²) in [5.41, 5.74) is 6.38. The van der Waals surface area contributed by atoms with E-state index in [-0.39, 0.29) is 12.5 Å². The van der Waals surface area contributed by atoms with Crippen molar-refractivity contribution in [2.75, 3.05) is 28.1 Å². The van der Waals surface area contributed by atoms with E-state index in [0.29, 0.717) is 39.9 Å². The van der Waals surface area contributed by atoms with E-state index in [9.17, 15) is 9.59 Å². The summed E-state index contributed by atoms with van der Waals surface area (Å²) in [6.07, 6.45) is 0. The van der Waals surface area contributed by atoms with E-state index < -0.39 is 18.0 Å². The number of nitrogens with two attached hydrogens (primary N) is 1. The Balaban J connectivity index is 2.21. The lowest BCUT2D eigenvalue weighted by molar-refractivity contribution is -0.131. The molecular formula is C20H22N2O8. The van der Waals surface area contributed by atoms with Gasteiger partial charge in [0.1, 0.15) is 5.75 Å². The van der Waals surface area contributed by atoms with Gasteiger partial charge in [0, 0.05) is 18.6 Å². The number of rotatable bonds is 7. The first-order valence-corrected chi connectivity index (χ1v) is 8.85. The molecule has 1 heterocycles. The van der Waals surface area contributed by atoms with Gasteiger partial charge in [0.05, 0.1) is 27.4 Å². The minimum atomic E-state index is -0.833. The molecule has 3 rings (SSSR count). The van der Waals surface area contributed by atoms with E-state index in [1.165, 1.54) is 34.3 Å². The predicted octanol–water partition coefficient (Wildman–Crippen LogP) is 2.12. The number of carbonyl (C=O) groups excluding carboxylic acids is 2. The molecule has 2 aromatic rings. The van der Waals surface area contributed by atoms with Gasteiger partial charge in [-0.3, -0.25) is 4.79 Å². The van der Waals surface area contributed by atoms with Gasteiger partial charge in [-0.2, -0.15) is 0 Å². The SMILES string of the molecule is COc1cc([C@H](NC(N)=O)c2cc3c(cc2OC(C)=O)OCO3)cc(OC)c1OC. The first-order chi connectivity index (χ1) is 14.4. The van der Waals surface area contributed by atoms with Crippen molar-refractivity contribution in [1.82, 2.24) is 5.32 Å². The molecule has 0 saturated carbocycles. The van der Waals surface area contributed by atoms with Crippen molar-refractivity contribution < 1.29 is 38.0 Å². The minimum absolute atomic E-state index is 0.0242. The highest BCUT2D eigenvalue weighted by Gasteiger charge is 2.28. The van der Waals surface area contributed by atoms with Crippen LogP contribution in [0.4, 0.5) is 4.79 Å². The van der Waals surface area contributed by atoms with Crippen LogP contribution in [-0.4, -0.2) is 40.1 Å². The number of hydrogen-bond donors (Lipinski definition) is 2. The third kappa shape index (κ3) is 4.12. The molecule has 0 radical (unpaired) electrons. The molecule has 10 nitrogen and oxygen atoms in total. The molecule has 0 bridgehead atoms. The van der Waals surface area contributed by atoms with E-state index in [4.69, 9.17) is 34.2 Å². The number of hydrogen-bond acceptors (Lipinski definition) is 8. The molecule has 30 heavy (non-hydrogen) atoms. The predicted molar refractivity (Wildman–Crippen MR) is 105 cm³/mol. The highest BCUT2D eigenvalue weighted by molar-refractivity contribution is 5.75. The Morgan fingerprint density at radius 1 is 0.967 bits per heavy atom. The molecule has 1 atom stereocenters. The second-order valence-electron chi connectivity index (χ2n) is 6.24. The highest BCUT2D eigenvalue weighted by atomic mass is 16.7. The van der Waals surface area contributed by atoms with Crippen LogP contribution in [0.3, 0.4) is 0 Å². The lowest BCUT2D eigenvalue weighted by Crippen LogP contribution is -2.34. The van der Waals surface area contributed by atoms with Gasteiger partial charge in [0.2, 0.25) is 12.5 Å². The quantitative estimate of drug-likeness (QED) is 0.517. The number of urea groups is 1. The molecule has 0 aliphatic carbocycles. The van der Waals surface area contributed by atoms with Gasteiger partial charge in [-0.1, -0.05) is 0 Å². The van der Waals surface area contributed by atoms with Crippen LogP contribution in [0.25, 0.3) is 0 Å². The number of amides is 2. The molecule has 1 aliphatic heterocycles. The maximum Gasteiger partial charge on any atom is 0.312 e. The smallest absolute Gasteiger partial charge is 0.312 e. The van der Waals surface area contributed by atoms with Gasteiger partial charge in [-0.05, 0) is 23.8 Å². The summed E-state index contributed by atoms with van der Waals surface area (Å²) in [7, 11) is 4.43. The monoisotopic (exact) mass is 418 g/mol. The summed E-state index contributed by atoms with van der Waals surface area (Å²) >= 11 is 0. The van der Waals surface area contributed by atoms with Crippen molar-refractivity contribution in [3.63, 3.8) is 0 Å². The van der Waals surface area contributed by atoms with E-state index >= 15 is 0 Å². The molecule has 10 heteroatoms. The standard InChI is InChI=1S/C20H22N2O8/c1-10(23)30-13-8-15-14(28-9-29-15)7-12(13)18(22-20(21)24)11-5-16(25-2)19(27-4)17(6-11)26-3/h5-8,18H,9H2,1-4H3,(H3,21,22,24)/t18-/m0/s1. The Morgan fingerprint density at radius 2 is 1.57 bits per heavy atom. The Hall–Kier alpha value is -3.82. The molecule has 3 N–H and O–H groups in total. The van der Waals surface area contributed by atoms with Crippen molar-refractivity contribution in [2.45, 2.75) is 13.0 Å². The Kier molecular flexibility index (Phi) is 6.05. The van der Waals surface area contributed by atoms with Crippen LogP contribution in [0.1, 0.15) is 24.1 Å². The van der Waals surface area contributed by atoms with Gasteiger partial charge in [0.25, 0.3) is 0 Å². The number of ether oxygens (including phenoxy) is 6. The van der Waals surface area contributed by atoms with E-state index in [1.54, 1.807) is 18.2 Å². The van der Waals surface area contributed by atoms with Crippen molar-refractivity contribution in [3.8, 4) is 34.5 Å². The largest absolute Gasteiger partial charge is 0.493 e. The minimum Gasteiger partial charge on any atom is -0.493 e. The van der Waals surface area contributed by atoms with Crippen LogP contribution in [-0.2, 0) is 4.79 Å². The maximum absolute atomic E-state index is 11.8. The van der Waals surface area contributed by atoms with Crippen LogP contribution in [0.15, 0.2) is 24.3 Å². The molecule has 0 fully saturated rings. The molecule has 2 aromatic carbocycles. The Morgan fingerprint density at radius 3 is 2.07 bits per heavy atom. The van der Waals surface area contributed by atoms with Gasteiger partial charge < -0.3 is 39.5 Å². The first kappa shape index (κ1) is 20.9. The third-order valence-corrected chi connectivity index (χ3v) is 4.38. The zero-order valence-corrected chi connectivity index (χ0v) is 16.9. The first-order valence-electron chi connectivity index (χ1n) is 8.85. The fourth-order valence-corrected chi connectivity index (χ4v) is 3.16. The third-order valence-electron chi connectivity index (χ3n) is 4.38. The molecule has 0 aromatic heterocycles. The van der Waals surface area contributed by atoms with Crippen LogP contribution in [0.5, 0.6) is 34.5 Å². The summed E-state index contributed by atoms with van der Waals surface area (Å²) in [6, 6.07) is 4.82. The normalized spacial score (nSPS) is 12.7. The van der Waals surface area contributed by atoms with Crippen molar-refractivity contribution in [2.24, 2.45) is 5.73 Å². The van der Waals surface area contributed by atoms with E-state index in [0.717, 1.165) is 0 Å². The van der Waals surface area contributed by atoms with Gasteiger partial charge in [-0.15, -0.1) is 0 Å². The number of benzene rings is 2. The number of carbonyl (C=O) groups is 2. The van der Waals surface area contributed by atoms with Gasteiger partial charge in [-0.25, -0.2) is 4.79 Å². The second kappa shape index (κ2) is 8.68. The molecular weight excluding hydrogens is 396 g/mol. The lowest BCUT2D eigenvalue weighted by Gasteiger charge is -2.23. The zero-order chi connectivity index (χ0) is 21.8. The van der Waals surface area contributed by atoms with Crippen molar-refractivity contribution in [3.05, 3.63) is 35.4 Å². The number of methoxy groups -OCH3 is 3.